The van der Waals surface area contributed by atoms with E-state index in [0.717, 1.165) is 44.6 Å². The van der Waals surface area contributed by atoms with Gasteiger partial charge in [-0.3, -0.25) is 0 Å². The molecule has 0 radical (unpaired) electrons. The highest BCUT2D eigenvalue weighted by Gasteiger charge is 2.19. The molecule has 0 bridgehead atoms. The van der Waals surface area contributed by atoms with Crippen LogP contribution in [0.15, 0.2) is 59.1 Å². The van der Waals surface area contributed by atoms with E-state index < -0.39 is 0 Å². The second-order valence-corrected chi connectivity index (χ2v) is 7.00. The monoisotopic (exact) mass is 368 g/mol. The van der Waals surface area contributed by atoms with E-state index in [1.54, 1.807) is 6.07 Å². The molecule has 0 spiro atoms. The van der Waals surface area contributed by atoms with E-state index in [1.165, 1.54) is 0 Å². The zero-order chi connectivity index (χ0) is 19.7. The van der Waals surface area contributed by atoms with Crippen LogP contribution in [0.2, 0.25) is 0 Å². The minimum atomic E-state index is -0.284. The molecule has 138 valence electrons. The van der Waals surface area contributed by atoms with Crippen LogP contribution in [0.5, 0.6) is 0 Å². The quantitative estimate of drug-likeness (QED) is 0.568. The number of aryl methyl sites for hydroxylation is 2. The van der Waals surface area contributed by atoms with Gasteiger partial charge in [-0.1, -0.05) is 41.6 Å². The summed E-state index contributed by atoms with van der Waals surface area (Å²) in [6.45, 7) is 4.01. The van der Waals surface area contributed by atoms with Crippen molar-refractivity contribution in [3.8, 4) is 17.3 Å². The van der Waals surface area contributed by atoms with Gasteiger partial charge in [0.05, 0.1) is 0 Å². The molecule has 0 aliphatic rings. The average Bonchev–Trinajstić information content (AvgIpc) is 3.12. The number of aromatic nitrogens is 2. The fourth-order valence-electron chi connectivity index (χ4n) is 3.43. The van der Waals surface area contributed by atoms with Gasteiger partial charge in [-0.25, -0.2) is 4.98 Å². The molecule has 0 saturated carbocycles. The zero-order valence-electron chi connectivity index (χ0n) is 15.8. The smallest absolute Gasteiger partial charge is 0.167 e. The molecule has 0 unspecified atom stereocenters. The first kappa shape index (κ1) is 17.9. The Labute approximate surface area is 163 Å². The van der Waals surface area contributed by atoms with Crippen LogP contribution in [0.4, 0.5) is 0 Å². The number of nitriles is 1. The number of benzene rings is 2. The van der Waals surface area contributed by atoms with E-state index in [4.69, 9.17) is 15.5 Å². The van der Waals surface area contributed by atoms with E-state index in [-0.39, 0.29) is 6.04 Å². The van der Waals surface area contributed by atoms with Crippen LogP contribution >= 0.6 is 0 Å². The lowest BCUT2D eigenvalue weighted by Crippen LogP contribution is -2.16. The first-order valence-corrected chi connectivity index (χ1v) is 9.14. The summed E-state index contributed by atoms with van der Waals surface area (Å²) in [5, 5.41) is 14.4. The van der Waals surface area contributed by atoms with Crippen LogP contribution in [-0.4, -0.2) is 10.1 Å². The van der Waals surface area contributed by atoms with E-state index in [9.17, 15) is 0 Å². The molecule has 0 aliphatic heterocycles. The summed E-state index contributed by atoms with van der Waals surface area (Å²) in [5.74, 6) is 0. The van der Waals surface area contributed by atoms with Crippen LogP contribution in [-0.2, 0) is 6.42 Å². The van der Waals surface area contributed by atoms with Crippen LogP contribution in [0, 0.1) is 25.2 Å². The second kappa shape index (κ2) is 7.26. The SMILES string of the molecule is Cc1ccc2c(-c3ccccc3[C@@H](N)Cc3nc(C#N)ccc3C)noc2c1. The molecule has 2 N–H and O–H groups in total. The third-order valence-corrected chi connectivity index (χ3v) is 4.97. The van der Waals surface area contributed by atoms with Gasteiger partial charge >= 0.3 is 0 Å². The first-order chi connectivity index (χ1) is 13.6. The first-order valence-electron chi connectivity index (χ1n) is 9.14. The van der Waals surface area contributed by atoms with E-state index in [1.807, 2.05) is 62.4 Å². The fourth-order valence-corrected chi connectivity index (χ4v) is 3.43. The molecule has 0 saturated heterocycles. The van der Waals surface area contributed by atoms with Crippen LogP contribution in [0.25, 0.3) is 22.2 Å². The van der Waals surface area contributed by atoms with Crippen molar-refractivity contribution in [3.63, 3.8) is 0 Å². The lowest BCUT2D eigenvalue weighted by atomic mass is 9.93. The van der Waals surface area contributed by atoms with E-state index in [2.05, 4.69) is 16.2 Å². The second-order valence-electron chi connectivity index (χ2n) is 7.00. The Bertz CT molecular complexity index is 1200. The van der Waals surface area contributed by atoms with Gasteiger partial charge in [0.2, 0.25) is 0 Å². The third kappa shape index (κ3) is 3.26. The van der Waals surface area contributed by atoms with Gasteiger partial charge in [-0.2, -0.15) is 5.26 Å². The summed E-state index contributed by atoms with van der Waals surface area (Å²) < 4.78 is 5.55. The van der Waals surface area contributed by atoms with Gasteiger partial charge in [0, 0.05) is 29.1 Å². The molecule has 5 nitrogen and oxygen atoms in total. The number of fused-ring (bicyclic) bond motifs is 1. The summed E-state index contributed by atoms with van der Waals surface area (Å²) in [7, 11) is 0. The molecule has 4 aromatic rings. The van der Waals surface area contributed by atoms with Crippen molar-refractivity contribution in [3.05, 3.63) is 82.7 Å². The van der Waals surface area contributed by atoms with Crippen molar-refractivity contribution in [1.29, 1.82) is 5.26 Å². The summed E-state index contributed by atoms with van der Waals surface area (Å²) in [6.07, 6.45) is 0.535. The zero-order valence-corrected chi connectivity index (χ0v) is 15.8. The van der Waals surface area contributed by atoms with Gasteiger partial charge in [-0.15, -0.1) is 0 Å². The molecular weight excluding hydrogens is 348 g/mol. The number of nitrogens with zero attached hydrogens (tertiary/aromatic N) is 3. The largest absolute Gasteiger partial charge is 0.356 e. The van der Waals surface area contributed by atoms with Gasteiger partial charge in [-0.05, 0) is 48.7 Å². The van der Waals surface area contributed by atoms with Gasteiger partial charge < -0.3 is 10.3 Å². The van der Waals surface area contributed by atoms with Crippen molar-refractivity contribution in [2.24, 2.45) is 5.73 Å². The predicted octanol–water partition coefficient (Wildman–Crippen LogP) is 4.62. The molecule has 5 heteroatoms. The minimum absolute atomic E-state index is 0.284. The molecule has 28 heavy (non-hydrogen) atoms. The highest BCUT2D eigenvalue weighted by Crippen LogP contribution is 2.33. The number of hydrogen-bond donors (Lipinski definition) is 1. The van der Waals surface area contributed by atoms with Crippen LogP contribution in [0.1, 0.15) is 34.1 Å². The Morgan fingerprint density at radius 1 is 1.11 bits per heavy atom. The predicted molar refractivity (Wildman–Crippen MR) is 109 cm³/mol. The molecule has 1 atom stereocenters. The van der Waals surface area contributed by atoms with Crippen molar-refractivity contribution < 1.29 is 4.52 Å². The highest BCUT2D eigenvalue weighted by atomic mass is 16.5. The maximum Gasteiger partial charge on any atom is 0.167 e. The molecule has 2 aromatic carbocycles. The number of pyridine rings is 1. The van der Waals surface area contributed by atoms with Gasteiger partial charge in [0.1, 0.15) is 17.5 Å². The lowest BCUT2D eigenvalue weighted by Gasteiger charge is -2.16. The third-order valence-electron chi connectivity index (χ3n) is 4.97. The van der Waals surface area contributed by atoms with Gasteiger partial charge in [0.25, 0.3) is 0 Å². The Morgan fingerprint density at radius 3 is 2.75 bits per heavy atom. The summed E-state index contributed by atoms with van der Waals surface area (Å²) in [4.78, 5) is 4.43. The summed E-state index contributed by atoms with van der Waals surface area (Å²) in [6, 6.07) is 19.5. The maximum atomic E-state index is 9.13. The van der Waals surface area contributed by atoms with Crippen LogP contribution in [0.3, 0.4) is 0 Å². The Hall–Kier alpha value is -3.49. The maximum absolute atomic E-state index is 9.13. The number of rotatable bonds is 4. The van der Waals surface area contributed by atoms with Crippen molar-refractivity contribution in [2.45, 2.75) is 26.3 Å². The Morgan fingerprint density at radius 2 is 1.93 bits per heavy atom. The van der Waals surface area contributed by atoms with Gasteiger partial charge in [0.15, 0.2) is 5.58 Å². The molecule has 4 rings (SSSR count). The van der Waals surface area contributed by atoms with Crippen molar-refractivity contribution in [2.75, 3.05) is 0 Å². The molecular formula is C23H20N4O. The Balaban J connectivity index is 1.74. The molecule has 2 heterocycles. The fraction of sp³-hybridized carbons (Fsp3) is 0.174. The molecule has 2 aromatic heterocycles. The Kier molecular flexibility index (Phi) is 4.64. The molecule has 0 amide bonds. The lowest BCUT2D eigenvalue weighted by molar-refractivity contribution is 0.459. The minimum Gasteiger partial charge on any atom is -0.356 e. The van der Waals surface area contributed by atoms with Crippen molar-refractivity contribution in [1.82, 2.24) is 10.1 Å². The topological polar surface area (TPSA) is 88.7 Å². The van der Waals surface area contributed by atoms with Crippen LogP contribution < -0.4 is 5.73 Å². The molecule has 0 aliphatic carbocycles. The van der Waals surface area contributed by atoms with Crippen molar-refractivity contribution >= 4 is 11.0 Å². The van der Waals surface area contributed by atoms with E-state index in [0.29, 0.717) is 12.1 Å². The highest BCUT2D eigenvalue weighted by molar-refractivity contribution is 5.92. The summed E-state index contributed by atoms with van der Waals surface area (Å²) >= 11 is 0. The number of hydrogen-bond acceptors (Lipinski definition) is 5. The number of nitrogens with two attached hydrogens (primary N) is 1. The standard InChI is InChI=1S/C23H20N4O/c1-14-7-10-19-22(11-14)28-27-23(19)18-6-4-3-5-17(18)20(25)12-21-15(2)8-9-16(13-24)26-21/h3-11,20H,12,25H2,1-2H3/t20-/m0/s1. The van der Waals surface area contributed by atoms with E-state index >= 15 is 0 Å². The molecule has 0 fully saturated rings. The normalized spacial score (nSPS) is 12.1. The average molecular weight is 368 g/mol. The summed E-state index contributed by atoms with van der Waals surface area (Å²) in [5.41, 5.74) is 13.4.